The molecule has 0 aliphatic heterocycles. The van der Waals surface area contributed by atoms with Gasteiger partial charge < -0.3 is 14.7 Å². The molecule has 5 nitrogen and oxygen atoms in total. The third-order valence-corrected chi connectivity index (χ3v) is 3.29. The van der Waals surface area contributed by atoms with Gasteiger partial charge in [-0.1, -0.05) is 0 Å². The van der Waals surface area contributed by atoms with E-state index in [-0.39, 0.29) is 5.56 Å². The summed E-state index contributed by atoms with van der Waals surface area (Å²) < 4.78 is 5.74. The Morgan fingerprint density at radius 2 is 2.39 bits per heavy atom. The minimum atomic E-state index is -0.957. The van der Waals surface area contributed by atoms with Crippen molar-refractivity contribution >= 4 is 27.7 Å². The first-order chi connectivity index (χ1) is 8.63. The lowest BCUT2D eigenvalue weighted by molar-refractivity contribution is 0.0697. The first-order valence-electron chi connectivity index (χ1n) is 5.78. The maximum Gasteiger partial charge on any atom is 0.339 e. The Morgan fingerprint density at radius 3 is 2.94 bits per heavy atom. The Labute approximate surface area is 114 Å². The minimum Gasteiger partial charge on any atom is -0.478 e. The number of halogens is 1. The number of rotatable bonds is 6. The Morgan fingerprint density at radius 1 is 1.67 bits per heavy atom. The number of aromatic nitrogens is 1. The molecule has 1 fully saturated rings. The molecule has 0 radical (unpaired) electrons. The molecule has 98 valence electrons. The zero-order valence-corrected chi connectivity index (χ0v) is 11.7. The maximum atomic E-state index is 11.3. The fraction of sp³-hybridized carbons (Fsp3) is 0.500. The minimum absolute atomic E-state index is 0.229. The number of hydrogen-bond acceptors (Lipinski definition) is 4. The van der Waals surface area contributed by atoms with Crippen LogP contribution in [0.4, 0.5) is 5.82 Å². The number of carboxylic acid groups (broad SMARTS) is 1. The maximum absolute atomic E-state index is 11.3. The summed E-state index contributed by atoms with van der Waals surface area (Å²) in [4.78, 5) is 17.6. The van der Waals surface area contributed by atoms with Crippen molar-refractivity contribution < 1.29 is 14.6 Å². The molecule has 1 saturated carbocycles. The van der Waals surface area contributed by atoms with Gasteiger partial charge in [0.15, 0.2) is 0 Å². The van der Waals surface area contributed by atoms with Gasteiger partial charge in [0, 0.05) is 30.4 Å². The molecule has 1 N–H and O–H groups in total. The average molecular weight is 315 g/mol. The highest BCUT2D eigenvalue weighted by Crippen LogP contribution is 2.33. The third kappa shape index (κ3) is 3.00. The van der Waals surface area contributed by atoms with Gasteiger partial charge in [0.2, 0.25) is 0 Å². The Kier molecular flexibility index (Phi) is 4.19. The van der Waals surface area contributed by atoms with E-state index >= 15 is 0 Å². The number of carboxylic acids is 1. The third-order valence-electron chi connectivity index (χ3n) is 2.86. The lowest BCUT2D eigenvalue weighted by Gasteiger charge is -2.24. The highest BCUT2D eigenvalue weighted by molar-refractivity contribution is 9.10. The van der Waals surface area contributed by atoms with E-state index in [1.54, 1.807) is 19.4 Å². The molecule has 0 atom stereocenters. The molecule has 0 aromatic carbocycles. The quantitative estimate of drug-likeness (QED) is 0.871. The smallest absolute Gasteiger partial charge is 0.339 e. The van der Waals surface area contributed by atoms with E-state index in [2.05, 4.69) is 20.9 Å². The van der Waals surface area contributed by atoms with Crippen LogP contribution in [0.5, 0.6) is 0 Å². The summed E-state index contributed by atoms with van der Waals surface area (Å²) in [6.45, 7) is 1.23. The van der Waals surface area contributed by atoms with Crippen LogP contribution in [-0.4, -0.2) is 42.4 Å². The van der Waals surface area contributed by atoms with E-state index in [1.807, 2.05) is 4.90 Å². The van der Waals surface area contributed by atoms with Crippen molar-refractivity contribution in [2.45, 2.75) is 18.9 Å². The summed E-state index contributed by atoms with van der Waals surface area (Å²) in [7, 11) is 1.64. The standard InChI is InChI=1S/C12H15BrN2O3/c1-18-5-4-15(9-2-3-9)11-10(12(16)17)6-8(13)7-14-11/h6-7,9H,2-5H2,1H3,(H,16,17). The van der Waals surface area contributed by atoms with Gasteiger partial charge in [-0.2, -0.15) is 0 Å². The first kappa shape index (κ1) is 13.3. The molecule has 1 aliphatic rings. The summed E-state index contributed by atoms with van der Waals surface area (Å²) in [6, 6.07) is 1.99. The molecule has 0 unspecified atom stereocenters. The van der Waals surface area contributed by atoms with Crippen molar-refractivity contribution in [1.82, 2.24) is 4.98 Å². The Bertz CT molecular complexity index is 449. The molecular formula is C12H15BrN2O3. The van der Waals surface area contributed by atoms with Crippen molar-refractivity contribution in [3.63, 3.8) is 0 Å². The molecular weight excluding hydrogens is 300 g/mol. The molecule has 2 rings (SSSR count). The van der Waals surface area contributed by atoms with Crippen LogP contribution in [0.3, 0.4) is 0 Å². The predicted octanol–water partition coefficient (Wildman–Crippen LogP) is 2.16. The van der Waals surface area contributed by atoms with E-state index in [0.717, 1.165) is 12.8 Å². The van der Waals surface area contributed by atoms with Crippen molar-refractivity contribution in [2.24, 2.45) is 0 Å². The van der Waals surface area contributed by atoms with E-state index in [1.165, 1.54) is 0 Å². The zero-order valence-electron chi connectivity index (χ0n) is 10.1. The zero-order chi connectivity index (χ0) is 13.1. The van der Waals surface area contributed by atoms with Gasteiger partial charge in [0.05, 0.1) is 6.61 Å². The number of anilines is 1. The molecule has 0 amide bonds. The van der Waals surface area contributed by atoms with Gasteiger partial charge in [0.1, 0.15) is 11.4 Å². The molecule has 0 saturated heterocycles. The Hall–Kier alpha value is -1.14. The number of ether oxygens (including phenoxy) is 1. The van der Waals surface area contributed by atoms with E-state index in [0.29, 0.717) is 29.5 Å². The Balaban J connectivity index is 2.30. The molecule has 1 aromatic heterocycles. The van der Waals surface area contributed by atoms with Crippen LogP contribution in [0.1, 0.15) is 23.2 Å². The highest BCUT2D eigenvalue weighted by atomic mass is 79.9. The van der Waals surface area contributed by atoms with Crippen LogP contribution >= 0.6 is 15.9 Å². The van der Waals surface area contributed by atoms with Crippen LogP contribution in [0.2, 0.25) is 0 Å². The number of methoxy groups -OCH3 is 1. The molecule has 6 heteroatoms. The largest absolute Gasteiger partial charge is 0.478 e. The van der Waals surface area contributed by atoms with E-state index < -0.39 is 5.97 Å². The van der Waals surface area contributed by atoms with Gasteiger partial charge in [-0.15, -0.1) is 0 Å². The summed E-state index contributed by atoms with van der Waals surface area (Å²) >= 11 is 3.25. The number of hydrogen-bond donors (Lipinski definition) is 1. The van der Waals surface area contributed by atoms with Gasteiger partial charge in [-0.05, 0) is 34.8 Å². The molecule has 1 heterocycles. The predicted molar refractivity (Wildman–Crippen MR) is 71.1 cm³/mol. The van der Waals surface area contributed by atoms with Crippen molar-refractivity contribution in [1.29, 1.82) is 0 Å². The SMILES string of the molecule is COCCN(c1ncc(Br)cc1C(=O)O)C1CC1. The summed E-state index contributed by atoms with van der Waals surface area (Å²) in [5, 5.41) is 9.25. The summed E-state index contributed by atoms with van der Waals surface area (Å²) in [5.74, 6) is -0.424. The van der Waals surface area contributed by atoms with Crippen molar-refractivity contribution in [2.75, 3.05) is 25.2 Å². The number of carbonyl (C=O) groups is 1. The summed E-state index contributed by atoms with van der Waals surface area (Å²) in [6.07, 6.45) is 3.80. The van der Waals surface area contributed by atoms with Gasteiger partial charge in [-0.25, -0.2) is 9.78 Å². The second kappa shape index (κ2) is 5.67. The second-order valence-electron chi connectivity index (χ2n) is 4.25. The fourth-order valence-electron chi connectivity index (χ4n) is 1.86. The van der Waals surface area contributed by atoms with Gasteiger partial charge in [-0.3, -0.25) is 0 Å². The van der Waals surface area contributed by atoms with E-state index in [9.17, 15) is 9.90 Å². The number of aromatic carboxylic acids is 1. The molecule has 1 aliphatic carbocycles. The van der Waals surface area contributed by atoms with Crippen LogP contribution < -0.4 is 4.90 Å². The number of pyridine rings is 1. The van der Waals surface area contributed by atoms with Crippen LogP contribution in [0.15, 0.2) is 16.7 Å². The van der Waals surface area contributed by atoms with Crippen molar-refractivity contribution in [3.05, 3.63) is 22.3 Å². The average Bonchev–Trinajstić information content (AvgIpc) is 3.15. The topological polar surface area (TPSA) is 62.7 Å². The van der Waals surface area contributed by atoms with Crippen molar-refractivity contribution in [3.8, 4) is 0 Å². The highest BCUT2D eigenvalue weighted by Gasteiger charge is 2.32. The molecule has 0 bridgehead atoms. The molecule has 0 spiro atoms. The normalized spacial score (nSPS) is 14.6. The number of nitrogens with zero attached hydrogens (tertiary/aromatic N) is 2. The lowest BCUT2D eigenvalue weighted by Crippen LogP contribution is -2.31. The van der Waals surface area contributed by atoms with Crippen LogP contribution in [0, 0.1) is 0 Å². The molecule has 18 heavy (non-hydrogen) atoms. The summed E-state index contributed by atoms with van der Waals surface area (Å²) in [5.41, 5.74) is 0.229. The monoisotopic (exact) mass is 314 g/mol. The molecule has 1 aromatic rings. The van der Waals surface area contributed by atoms with Crippen LogP contribution in [-0.2, 0) is 4.74 Å². The van der Waals surface area contributed by atoms with Gasteiger partial charge >= 0.3 is 5.97 Å². The second-order valence-corrected chi connectivity index (χ2v) is 5.16. The van der Waals surface area contributed by atoms with Gasteiger partial charge in [0.25, 0.3) is 0 Å². The van der Waals surface area contributed by atoms with Crippen LogP contribution in [0.25, 0.3) is 0 Å². The first-order valence-corrected chi connectivity index (χ1v) is 6.57. The fourth-order valence-corrected chi connectivity index (χ4v) is 2.19. The van der Waals surface area contributed by atoms with E-state index in [4.69, 9.17) is 4.74 Å². The lowest BCUT2D eigenvalue weighted by atomic mass is 10.2.